The van der Waals surface area contributed by atoms with E-state index in [1.807, 2.05) is 30.3 Å². The second-order valence-electron chi connectivity index (χ2n) is 5.87. The second-order valence-corrected chi connectivity index (χ2v) is 5.87. The fourth-order valence-electron chi connectivity index (χ4n) is 3.00. The van der Waals surface area contributed by atoms with Crippen molar-refractivity contribution in [3.63, 3.8) is 0 Å². The summed E-state index contributed by atoms with van der Waals surface area (Å²) in [6, 6.07) is 9.73. The molecule has 0 bridgehead atoms. The van der Waals surface area contributed by atoms with Gasteiger partial charge in [0.1, 0.15) is 0 Å². The van der Waals surface area contributed by atoms with Crippen molar-refractivity contribution in [2.45, 2.75) is 38.1 Å². The minimum Gasteiger partial charge on any atom is -0.394 e. The summed E-state index contributed by atoms with van der Waals surface area (Å²) in [5.41, 5.74) is 0.563. The fourth-order valence-corrected chi connectivity index (χ4v) is 3.00. The topological polar surface area (TPSA) is 49.3 Å². The van der Waals surface area contributed by atoms with Gasteiger partial charge in [0, 0.05) is 6.08 Å². The molecule has 0 heterocycles. The van der Waals surface area contributed by atoms with Crippen molar-refractivity contribution < 1.29 is 9.90 Å². The molecule has 1 aromatic rings. The molecule has 108 valence electrons. The summed E-state index contributed by atoms with van der Waals surface area (Å²) in [7, 11) is 0. The average Bonchev–Trinajstić information content (AvgIpc) is 2.46. The molecule has 1 aliphatic rings. The molecule has 1 aliphatic carbocycles. The molecule has 2 atom stereocenters. The van der Waals surface area contributed by atoms with E-state index in [-0.39, 0.29) is 12.5 Å². The first-order valence-electron chi connectivity index (χ1n) is 7.30. The van der Waals surface area contributed by atoms with Crippen LogP contribution in [-0.4, -0.2) is 23.2 Å². The second kappa shape index (κ2) is 6.71. The smallest absolute Gasteiger partial charge is 0.244 e. The van der Waals surface area contributed by atoms with Crippen molar-refractivity contribution in [2.24, 2.45) is 5.92 Å². The molecule has 0 radical (unpaired) electrons. The van der Waals surface area contributed by atoms with E-state index in [4.69, 9.17) is 0 Å². The summed E-state index contributed by atoms with van der Waals surface area (Å²) in [6.07, 6.45) is 7.30. The molecular weight excluding hydrogens is 250 g/mol. The van der Waals surface area contributed by atoms with Crippen molar-refractivity contribution in [1.82, 2.24) is 5.32 Å². The van der Waals surface area contributed by atoms with E-state index in [0.29, 0.717) is 5.92 Å². The zero-order valence-electron chi connectivity index (χ0n) is 12.0. The van der Waals surface area contributed by atoms with Crippen LogP contribution in [0.15, 0.2) is 36.4 Å². The van der Waals surface area contributed by atoms with E-state index < -0.39 is 5.54 Å². The first kappa shape index (κ1) is 14.8. The molecular formula is C17H23NO2. The molecule has 0 aromatic heterocycles. The zero-order chi connectivity index (χ0) is 14.4. The van der Waals surface area contributed by atoms with Crippen LogP contribution in [0.2, 0.25) is 0 Å². The Hall–Kier alpha value is -1.61. The number of nitrogens with one attached hydrogen (secondary N) is 1. The molecule has 2 N–H and O–H groups in total. The monoisotopic (exact) mass is 273 g/mol. The molecule has 3 heteroatoms. The summed E-state index contributed by atoms with van der Waals surface area (Å²) in [5.74, 6) is 0.423. The fraction of sp³-hybridized carbons (Fsp3) is 0.471. The highest BCUT2D eigenvalue weighted by Gasteiger charge is 2.35. The van der Waals surface area contributed by atoms with E-state index in [1.54, 1.807) is 12.2 Å². The highest BCUT2D eigenvalue weighted by atomic mass is 16.3. The van der Waals surface area contributed by atoms with Crippen molar-refractivity contribution >= 4 is 12.0 Å². The molecule has 2 unspecified atom stereocenters. The van der Waals surface area contributed by atoms with Crippen LogP contribution < -0.4 is 5.32 Å². The maximum atomic E-state index is 12.0. The van der Waals surface area contributed by atoms with Gasteiger partial charge in [0.05, 0.1) is 12.1 Å². The summed E-state index contributed by atoms with van der Waals surface area (Å²) >= 11 is 0. The van der Waals surface area contributed by atoms with Crippen LogP contribution in [0.25, 0.3) is 6.08 Å². The van der Waals surface area contributed by atoms with Crippen LogP contribution in [0.5, 0.6) is 0 Å². The van der Waals surface area contributed by atoms with Crippen LogP contribution in [0, 0.1) is 5.92 Å². The van der Waals surface area contributed by atoms with Crippen LogP contribution in [-0.2, 0) is 4.79 Å². The van der Waals surface area contributed by atoms with E-state index in [9.17, 15) is 9.90 Å². The number of amides is 1. The predicted octanol–water partition coefficient (Wildman–Crippen LogP) is 2.76. The minimum absolute atomic E-state index is 0.0161. The highest BCUT2D eigenvalue weighted by molar-refractivity contribution is 5.92. The quantitative estimate of drug-likeness (QED) is 0.829. The van der Waals surface area contributed by atoms with E-state index >= 15 is 0 Å². The Bertz CT molecular complexity index is 469. The maximum Gasteiger partial charge on any atom is 0.244 e. The summed E-state index contributed by atoms with van der Waals surface area (Å²) in [4.78, 5) is 12.0. The molecule has 1 aromatic carbocycles. The average molecular weight is 273 g/mol. The standard InChI is InChI=1S/C17H23NO2/c1-14-6-5-11-17(12-14,13-19)18-16(20)10-9-15-7-3-2-4-8-15/h2-4,7-10,14,19H,5-6,11-13H2,1H3,(H,18,20). The van der Waals surface area contributed by atoms with E-state index in [1.165, 1.54) is 6.42 Å². The van der Waals surface area contributed by atoms with Crippen LogP contribution in [0.1, 0.15) is 38.2 Å². The number of aliphatic hydroxyl groups is 1. The molecule has 3 nitrogen and oxygen atoms in total. The first-order chi connectivity index (χ1) is 9.63. The predicted molar refractivity (Wildman–Crippen MR) is 81.1 cm³/mol. The molecule has 2 rings (SSSR count). The van der Waals surface area contributed by atoms with Gasteiger partial charge in [-0.2, -0.15) is 0 Å². The number of benzene rings is 1. The van der Waals surface area contributed by atoms with Crippen LogP contribution >= 0.6 is 0 Å². The van der Waals surface area contributed by atoms with Crippen molar-refractivity contribution in [1.29, 1.82) is 0 Å². The van der Waals surface area contributed by atoms with Gasteiger partial charge in [-0.3, -0.25) is 4.79 Å². The maximum absolute atomic E-state index is 12.0. The summed E-state index contributed by atoms with van der Waals surface area (Å²) < 4.78 is 0. The first-order valence-corrected chi connectivity index (χ1v) is 7.30. The molecule has 0 aliphatic heterocycles. The lowest BCUT2D eigenvalue weighted by atomic mass is 9.77. The van der Waals surface area contributed by atoms with Crippen molar-refractivity contribution in [2.75, 3.05) is 6.61 Å². The Morgan fingerprint density at radius 3 is 2.85 bits per heavy atom. The number of rotatable bonds is 4. The zero-order valence-corrected chi connectivity index (χ0v) is 12.0. The van der Waals surface area contributed by atoms with E-state index in [2.05, 4.69) is 12.2 Å². The highest BCUT2D eigenvalue weighted by Crippen LogP contribution is 2.31. The molecule has 1 fully saturated rings. The Morgan fingerprint density at radius 1 is 1.45 bits per heavy atom. The van der Waals surface area contributed by atoms with Crippen LogP contribution in [0.4, 0.5) is 0 Å². The third-order valence-corrected chi connectivity index (χ3v) is 4.01. The summed E-state index contributed by atoms with van der Waals surface area (Å²) in [5, 5.41) is 12.7. The number of hydrogen-bond acceptors (Lipinski definition) is 2. The van der Waals surface area contributed by atoms with Crippen molar-refractivity contribution in [3.05, 3.63) is 42.0 Å². The van der Waals surface area contributed by atoms with Gasteiger partial charge >= 0.3 is 0 Å². The van der Waals surface area contributed by atoms with Gasteiger partial charge in [-0.1, -0.05) is 50.1 Å². The Kier molecular flexibility index (Phi) is 4.96. The number of hydrogen-bond donors (Lipinski definition) is 2. The van der Waals surface area contributed by atoms with E-state index in [0.717, 1.165) is 24.8 Å². The van der Waals surface area contributed by atoms with Gasteiger partial charge in [-0.25, -0.2) is 0 Å². The van der Waals surface area contributed by atoms with Gasteiger partial charge in [-0.05, 0) is 30.4 Å². The SMILES string of the molecule is CC1CCCC(CO)(NC(=O)C=Cc2ccccc2)C1. The Balaban J connectivity index is 1.97. The van der Waals surface area contributed by atoms with Crippen molar-refractivity contribution in [3.8, 4) is 0 Å². The van der Waals surface area contributed by atoms with Crippen LogP contribution in [0.3, 0.4) is 0 Å². The minimum atomic E-state index is -0.435. The Morgan fingerprint density at radius 2 is 2.20 bits per heavy atom. The molecule has 1 saturated carbocycles. The van der Waals surface area contributed by atoms with Gasteiger partial charge in [0.2, 0.25) is 5.91 Å². The van der Waals surface area contributed by atoms with Gasteiger partial charge in [0.25, 0.3) is 0 Å². The van der Waals surface area contributed by atoms with Gasteiger partial charge in [-0.15, -0.1) is 0 Å². The van der Waals surface area contributed by atoms with Gasteiger partial charge in [0.15, 0.2) is 0 Å². The molecule has 20 heavy (non-hydrogen) atoms. The normalized spacial score (nSPS) is 26.6. The lowest BCUT2D eigenvalue weighted by Gasteiger charge is -2.39. The largest absolute Gasteiger partial charge is 0.394 e. The molecule has 1 amide bonds. The van der Waals surface area contributed by atoms with Gasteiger partial charge < -0.3 is 10.4 Å². The lowest BCUT2D eigenvalue weighted by molar-refractivity contribution is -0.119. The number of carbonyl (C=O) groups is 1. The lowest BCUT2D eigenvalue weighted by Crippen LogP contribution is -2.53. The Labute approximate surface area is 120 Å². The number of aliphatic hydroxyl groups excluding tert-OH is 1. The molecule has 0 spiro atoms. The third-order valence-electron chi connectivity index (χ3n) is 4.01. The number of carbonyl (C=O) groups excluding carboxylic acids is 1. The molecule has 0 saturated heterocycles. The third kappa shape index (κ3) is 3.94. The summed E-state index contributed by atoms with van der Waals surface area (Å²) in [6.45, 7) is 2.19.